The van der Waals surface area contributed by atoms with Crippen LogP contribution < -0.4 is 0 Å². The van der Waals surface area contributed by atoms with E-state index in [1.54, 1.807) is 0 Å². The number of rotatable bonds is 7. The molecule has 0 heterocycles. The summed E-state index contributed by atoms with van der Waals surface area (Å²) in [5.74, 6) is -1.30. The highest BCUT2D eigenvalue weighted by atomic mass is 16.6. The van der Waals surface area contributed by atoms with Crippen molar-refractivity contribution in [2.45, 2.75) is 44.7 Å². The third-order valence-corrected chi connectivity index (χ3v) is 1.65. The molecule has 0 aromatic heterocycles. The maximum atomic E-state index is 9.35. The highest BCUT2D eigenvalue weighted by Crippen LogP contribution is 2.15. The Labute approximate surface area is 83.9 Å². The molecule has 0 aliphatic heterocycles. The fraction of sp³-hybridized carbons (Fsp3) is 1.00. The normalized spacial score (nSPS) is 16.7. The van der Waals surface area contributed by atoms with Gasteiger partial charge in [-0.25, -0.2) is 0 Å². The average Bonchev–Trinajstić information content (AvgIpc) is 2.01. The first-order valence-electron chi connectivity index (χ1n) is 4.69. The molecular weight excluding hydrogens is 188 g/mol. The molecule has 2 unspecified atom stereocenters. The van der Waals surface area contributed by atoms with Crippen molar-refractivity contribution in [2.24, 2.45) is 0 Å². The monoisotopic (exact) mass is 208 g/mol. The third kappa shape index (κ3) is 7.23. The average molecular weight is 208 g/mol. The Morgan fingerprint density at radius 3 is 2.21 bits per heavy atom. The molecule has 5 heteroatoms. The van der Waals surface area contributed by atoms with Crippen molar-refractivity contribution in [2.75, 3.05) is 13.2 Å². The summed E-state index contributed by atoms with van der Waals surface area (Å²) in [6.45, 7) is 2.52. The highest BCUT2D eigenvalue weighted by molar-refractivity contribution is 4.66. The fourth-order valence-corrected chi connectivity index (χ4v) is 1.15. The second-order valence-corrected chi connectivity index (χ2v) is 3.77. The molecule has 0 aliphatic rings. The smallest absolute Gasteiger partial charge is 0.160 e. The molecule has 2 atom stereocenters. The molecule has 0 aliphatic carbocycles. The van der Waals surface area contributed by atoms with Crippen molar-refractivity contribution >= 4 is 0 Å². The summed E-state index contributed by atoms with van der Waals surface area (Å²) >= 11 is 0. The van der Waals surface area contributed by atoms with Gasteiger partial charge in [0.2, 0.25) is 0 Å². The Morgan fingerprint density at radius 1 is 1.29 bits per heavy atom. The van der Waals surface area contributed by atoms with Crippen LogP contribution in [0.5, 0.6) is 0 Å². The van der Waals surface area contributed by atoms with E-state index in [-0.39, 0.29) is 19.6 Å². The van der Waals surface area contributed by atoms with Crippen LogP contribution in [0.25, 0.3) is 0 Å². The largest absolute Gasteiger partial charge is 0.396 e. The van der Waals surface area contributed by atoms with Crippen molar-refractivity contribution in [3.63, 3.8) is 0 Å². The Kier molecular flexibility index (Phi) is 6.22. The predicted molar refractivity (Wildman–Crippen MR) is 50.6 cm³/mol. The van der Waals surface area contributed by atoms with E-state index in [0.29, 0.717) is 6.42 Å². The second-order valence-electron chi connectivity index (χ2n) is 3.77. The maximum absolute atomic E-state index is 9.35. The first kappa shape index (κ1) is 13.8. The maximum Gasteiger partial charge on any atom is 0.160 e. The van der Waals surface area contributed by atoms with E-state index in [0.717, 1.165) is 0 Å². The van der Waals surface area contributed by atoms with Crippen molar-refractivity contribution in [3.8, 4) is 0 Å². The topological polar surface area (TPSA) is 90.2 Å². The van der Waals surface area contributed by atoms with Crippen molar-refractivity contribution in [1.29, 1.82) is 0 Å². The van der Waals surface area contributed by atoms with Gasteiger partial charge in [-0.15, -0.1) is 0 Å². The molecule has 0 amide bonds. The lowest BCUT2D eigenvalue weighted by atomic mass is 10.1. The van der Waals surface area contributed by atoms with Gasteiger partial charge in [-0.3, -0.25) is 0 Å². The molecule has 0 saturated carbocycles. The second kappa shape index (κ2) is 6.31. The number of aliphatic hydroxyl groups excluding tert-OH is 3. The summed E-state index contributed by atoms with van der Waals surface area (Å²) < 4.78 is 5.18. The van der Waals surface area contributed by atoms with E-state index in [1.807, 2.05) is 0 Å². The van der Waals surface area contributed by atoms with E-state index in [2.05, 4.69) is 0 Å². The van der Waals surface area contributed by atoms with E-state index in [9.17, 15) is 5.11 Å². The van der Waals surface area contributed by atoms with Gasteiger partial charge in [0.25, 0.3) is 0 Å². The molecule has 0 spiro atoms. The van der Waals surface area contributed by atoms with Gasteiger partial charge in [0, 0.05) is 13.0 Å². The summed E-state index contributed by atoms with van der Waals surface area (Å²) in [4.78, 5) is 0. The molecule has 0 aromatic carbocycles. The molecule has 14 heavy (non-hydrogen) atoms. The van der Waals surface area contributed by atoms with Gasteiger partial charge >= 0.3 is 0 Å². The molecule has 5 nitrogen and oxygen atoms in total. The standard InChI is InChI=1S/C9H20O5/c1-9(2,13)14-8(3-4-10)5-7(12)6-11/h7-8,10-13H,3-6H2,1-2H3. The minimum absolute atomic E-state index is 0.0844. The van der Waals surface area contributed by atoms with Gasteiger partial charge in [0.15, 0.2) is 5.79 Å². The van der Waals surface area contributed by atoms with Crippen LogP contribution in [0, 0.1) is 0 Å². The van der Waals surface area contributed by atoms with Crippen LogP contribution in [0.3, 0.4) is 0 Å². The van der Waals surface area contributed by atoms with Gasteiger partial charge in [0.1, 0.15) is 0 Å². The zero-order valence-electron chi connectivity index (χ0n) is 8.68. The molecule has 86 valence electrons. The van der Waals surface area contributed by atoms with E-state index < -0.39 is 18.0 Å². The summed E-state index contributed by atoms with van der Waals surface area (Å²) in [7, 11) is 0. The number of aliphatic hydroxyl groups is 4. The van der Waals surface area contributed by atoms with Crippen LogP contribution in [0.4, 0.5) is 0 Å². The highest BCUT2D eigenvalue weighted by Gasteiger charge is 2.22. The number of hydrogen-bond donors (Lipinski definition) is 4. The Hall–Kier alpha value is -0.200. The molecule has 0 saturated heterocycles. The van der Waals surface area contributed by atoms with Crippen LogP contribution in [-0.4, -0.2) is 51.6 Å². The first-order valence-corrected chi connectivity index (χ1v) is 4.69. The lowest BCUT2D eigenvalue weighted by Gasteiger charge is -2.27. The van der Waals surface area contributed by atoms with Gasteiger partial charge in [0.05, 0.1) is 18.8 Å². The van der Waals surface area contributed by atoms with Gasteiger partial charge in [-0.1, -0.05) is 0 Å². The molecule has 0 rings (SSSR count). The van der Waals surface area contributed by atoms with Crippen LogP contribution >= 0.6 is 0 Å². The molecule has 0 bridgehead atoms. The number of hydrogen-bond acceptors (Lipinski definition) is 5. The van der Waals surface area contributed by atoms with Crippen molar-refractivity contribution in [1.82, 2.24) is 0 Å². The van der Waals surface area contributed by atoms with Gasteiger partial charge < -0.3 is 25.2 Å². The fourth-order valence-electron chi connectivity index (χ4n) is 1.15. The summed E-state index contributed by atoms with van der Waals surface area (Å²) in [5.41, 5.74) is 0. The lowest BCUT2D eigenvalue weighted by Crippen LogP contribution is -2.33. The minimum Gasteiger partial charge on any atom is -0.396 e. The molecular formula is C9H20O5. The quantitative estimate of drug-likeness (QED) is 0.412. The van der Waals surface area contributed by atoms with Crippen molar-refractivity contribution in [3.05, 3.63) is 0 Å². The summed E-state index contributed by atoms with van der Waals surface area (Å²) in [6, 6.07) is 0. The summed E-state index contributed by atoms with van der Waals surface area (Å²) in [6.07, 6.45) is -0.821. The minimum atomic E-state index is -1.30. The first-order chi connectivity index (χ1) is 6.39. The Morgan fingerprint density at radius 2 is 1.86 bits per heavy atom. The number of ether oxygens (including phenoxy) is 1. The molecule has 0 aromatic rings. The summed E-state index contributed by atoms with van der Waals surface area (Å²) in [5, 5.41) is 35.8. The van der Waals surface area contributed by atoms with Crippen LogP contribution in [-0.2, 0) is 4.74 Å². The predicted octanol–water partition coefficient (Wildman–Crippen LogP) is -0.774. The van der Waals surface area contributed by atoms with Gasteiger partial charge in [-0.05, 0) is 20.3 Å². The molecule has 0 fully saturated rings. The van der Waals surface area contributed by atoms with Gasteiger partial charge in [-0.2, -0.15) is 0 Å². The van der Waals surface area contributed by atoms with Crippen LogP contribution in [0.15, 0.2) is 0 Å². The van der Waals surface area contributed by atoms with Crippen LogP contribution in [0.1, 0.15) is 26.7 Å². The van der Waals surface area contributed by atoms with E-state index in [1.165, 1.54) is 13.8 Å². The molecule has 4 N–H and O–H groups in total. The Bertz CT molecular complexity index is 143. The third-order valence-electron chi connectivity index (χ3n) is 1.65. The zero-order valence-corrected chi connectivity index (χ0v) is 8.68. The Balaban J connectivity index is 4.01. The van der Waals surface area contributed by atoms with E-state index >= 15 is 0 Å². The molecule has 0 radical (unpaired) electrons. The van der Waals surface area contributed by atoms with Crippen molar-refractivity contribution < 1.29 is 25.2 Å². The van der Waals surface area contributed by atoms with E-state index in [4.69, 9.17) is 20.1 Å². The SMILES string of the molecule is CC(C)(O)OC(CCO)CC(O)CO. The van der Waals surface area contributed by atoms with Crippen LogP contribution in [0.2, 0.25) is 0 Å². The lowest BCUT2D eigenvalue weighted by molar-refractivity contribution is -0.213. The zero-order chi connectivity index (χ0) is 11.2.